The number of rotatable bonds is 13. The fourth-order valence-electron chi connectivity index (χ4n) is 4.48. The average Bonchev–Trinajstić information content (AvgIpc) is 2.99. The van der Waals surface area contributed by atoms with E-state index in [9.17, 15) is 33.9 Å². The van der Waals surface area contributed by atoms with Crippen LogP contribution in [-0.2, 0) is 35.2 Å². The topological polar surface area (TPSA) is 280 Å². The quantitative estimate of drug-likeness (QED) is 0.0603. The van der Waals surface area contributed by atoms with Gasteiger partial charge in [0, 0.05) is 13.0 Å². The minimum atomic E-state index is -1.57. The molecule has 2 rings (SSSR count). The summed E-state index contributed by atoms with van der Waals surface area (Å²) in [5.41, 5.74) is 11.4. The van der Waals surface area contributed by atoms with E-state index in [1.807, 2.05) is 0 Å². The molecule has 254 valence electrons. The number of amides is 5. The van der Waals surface area contributed by atoms with Gasteiger partial charge in [-0.2, -0.15) is 0 Å². The van der Waals surface area contributed by atoms with Crippen LogP contribution in [0.5, 0.6) is 5.75 Å². The summed E-state index contributed by atoms with van der Waals surface area (Å²) in [6.07, 6.45) is 0.216. The normalized spacial score (nSPS) is 21.4. The van der Waals surface area contributed by atoms with E-state index in [-0.39, 0.29) is 25.3 Å². The van der Waals surface area contributed by atoms with Gasteiger partial charge in [-0.05, 0) is 49.4 Å². The third-order valence-corrected chi connectivity index (χ3v) is 6.93. The van der Waals surface area contributed by atoms with E-state index >= 15 is 0 Å². The second-order valence-corrected chi connectivity index (χ2v) is 11.1. The fourth-order valence-corrected chi connectivity index (χ4v) is 4.48. The lowest BCUT2D eigenvalue weighted by atomic mass is 9.99. The van der Waals surface area contributed by atoms with E-state index in [1.165, 1.54) is 0 Å². The zero-order valence-electron chi connectivity index (χ0n) is 26.0. The minimum Gasteiger partial charge on any atom is -0.494 e. The van der Waals surface area contributed by atoms with E-state index in [1.54, 1.807) is 38.1 Å². The van der Waals surface area contributed by atoms with Gasteiger partial charge in [-0.15, -0.1) is 0 Å². The molecule has 1 saturated heterocycles. The Hall–Kier alpha value is -4.93. The Kier molecular flexibility index (Phi) is 15.2. The molecule has 46 heavy (non-hydrogen) atoms. The summed E-state index contributed by atoms with van der Waals surface area (Å²) in [4.78, 5) is 77.6. The number of nitrogens with one attached hydrogen (secondary N) is 7. The van der Waals surface area contributed by atoms with Gasteiger partial charge in [-0.3, -0.25) is 34.2 Å². The van der Waals surface area contributed by atoms with Gasteiger partial charge in [0.25, 0.3) is 0 Å². The summed E-state index contributed by atoms with van der Waals surface area (Å²) in [6.45, 7) is 3.88. The number of aliphatic carboxylic acids is 1. The number of hydrogen-bond donors (Lipinski definition) is 10. The van der Waals surface area contributed by atoms with E-state index in [0.29, 0.717) is 37.3 Å². The van der Waals surface area contributed by atoms with Crippen molar-refractivity contribution < 1.29 is 38.6 Å². The Bertz CT molecular complexity index is 1240. The Morgan fingerprint density at radius 2 is 1.61 bits per heavy atom. The molecular formula is C29H45N9O8. The largest absolute Gasteiger partial charge is 0.494 e. The molecule has 5 amide bonds. The SMILES string of the molecule is CC(C)[C@H]1NC(=O)C(CCCNC(=N)N)NC(=O)CNC(=O)[C@@H](CC(=O)O)NC(=O)C(Cc2ccc(OCCCN)cc2)NC1=O. The Labute approximate surface area is 266 Å². The zero-order valence-corrected chi connectivity index (χ0v) is 26.0. The fraction of sp³-hybridized carbons (Fsp3) is 0.552. The summed E-state index contributed by atoms with van der Waals surface area (Å²) in [6, 6.07) is 1.64. The lowest BCUT2D eigenvalue weighted by Gasteiger charge is -2.27. The Morgan fingerprint density at radius 1 is 0.957 bits per heavy atom. The first kappa shape index (κ1) is 37.3. The maximum atomic E-state index is 13.6. The molecule has 17 nitrogen and oxygen atoms in total. The van der Waals surface area contributed by atoms with Crippen LogP contribution in [0.25, 0.3) is 0 Å². The number of ether oxygens (including phenoxy) is 1. The molecule has 0 bridgehead atoms. The van der Waals surface area contributed by atoms with Gasteiger partial charge >= 0.3 is 5.97 Å². The van der Waals surface area contributed by atoms with Gasteiger partial charge < -0.3 is 53.2 Å². The number of carbonyl (C=O) groups is 6. The van der Waals surface area contributed by atoms with Crippen molar-refractivity contribution in [1.29, 1.82) is 5.41 Å². The monoisotopic (exact) mass is 647 g/mol. The van der Waals surface area contributed by atoms with Crippen LogP contribution in [0.2, 0.25) is 0 Å². The van der Waals surface area contributed by atoms with Gasteiger partial charge in [0.1, 0.15) is 29.9 Å². The molecule has 1 fully saturated rings. The molecule has 1 aliphatic heterocycles. The van der Waals surface area contributed by atoms with Gasteiger partial charge in [0.2, 0.25) is 29.5 Å². The maximum absolute atomic E-state index is 13.6. The predicted octanol–water partition coefficient (Wildman–Crippen LogP) is -2.58. The van der Waals surface area contributed by atoms with E-state index < -0.39 is 78.6 Å². The molecule has 0 radical (unpaired) electrons. The standard InChI is InChI=1S/C29H45N9O8/c1-16(2)24-28(45)37-20(13-17-6-8-18(9-7-17)46-12-4-10-30)27(44)36-21(14-23(40)41)25(42)34-15-22(39)35-19(26(43)38-24)5-3-11-33-29(31)32/h6-9,16,19-21,24H,3-5,10-15,30H2,1-2H3,(H,34,42)(H,35,39)(H,36,44)(H,37,45)(H,38,43)(H,40,41)(H4,31,32,33)/t19?,20?,21-,24-/m1/s1. The van der Waals surface area contributed by atoms with Gasteiger partial charge in [-0.1, -0.05) is 26.0 Å². The molecule has 0 aromatic heterocycles. The highest BCUT2D eigenvalue weighted by atomic mass is 16.5. The molecule has 0 saturated carbocycles. The van der Waals surface area contributed by atoms with Crippen molar-refractivity contribution in [2.75, 3.05) is 26.2 Å². The molecule has 2 unspecified atom stereocenters. The number of guanidine groups is 1. The van der Waals surface area contributed by atoms with Crippen LogP contribution in [-0.4, -0.2) is 97.0 Å². The summed E-state index contributed by atoms with van der Waals surface area (Å²) < 4.78 is 5.61. The van der Waals surface area contributed by atoms with Gasteiger partial charge in [0.15, 0.2) is 5.96 Å². The Balaban J connectivity index is 2.40. The van der Waals surface area contributed by atoms with Crippen LogP contribution in [0.4, 0.5) is 0 Å². The van der Waals surface area contributed by atoms with Crippen molar-refractivity contribution in [3.63, 3.8) is 0 Å². The molecule has 12 N–H and O–H groups in total. The number of nitrogens with two attached hydrogens (primary N) is 2. The molecule has 1 aliphatic rings. The molecular weight excluding hydrogens is 602 g/mol. The second-order valence-electron chi connectivity index (χ2n) is 11.1. The summed E-state index contributed by atoms with van der Waals surface area (Å²) >= 11 is 0. The predicted molar refractivity (Wildman–Crippen MR) is 166 cm³/mol. The van der Waals surface area contributed by atoms with Crippen LogP contribution in [0.3, 0.4) is 0 Å². The van der Waals surface area contributed by atoms with Crippen molar-refractivity contribution in [3.05, 3.63) is 29.8 Å². The molecule has 17 heteroatoms. The molecule has 0 spiro atoms. The van der Waals surface area contributed by atoms with Crippen LogP contribution in [0.15, 0.2) is 24.3 Å². The van der Waals surface area contributed by atoms with Crippen molar-refractivity contribution in [2.45, 2.75) is 70.1 Å². The lowest BCUT2D eigenvalue weighted by Crippen LogP contribution is -2.59. The van der Waals surface area contributed by atoms with Crippen molar-refractivity contribution in [1.82, 2.24) is 31.9 Å². The van der Waals surface area contributed by atoms with E-state index in [0.717, 1.165) is 0 Å². The third kappa shape index (κ3) is 13.0. The first-order valence-electron chi connectivity index (χ1n) is 15.0. The van der Waals surface area contributed by atoms with Crippen LogP contribution < -0.4 is 48.1 Å². The van der Waals surface area contributed by atoms with E-state index in [4.69, 9.17) is 21.6 Å². The number of carbonyl (C=O) groups excluding carboxylic acids is 5. The van der Waals surface area contributed by atoms with Crippen LogP contribution >= 0.6 is 0 Å². The average molecular weight is 648 g/mol. The summed E-state index contributed by atoms with van der Waals surface area (Å²) in [5, 5.41) is 31.8. The van der Waals surface area contributed by atoms with Gasteiger partial charge in [-0.25, -0.2) is 0 Å². The zero-order chi connectivity index (χ0) is 34.2. The second kappa shape index (κ2) is 18.8. The smallest absolute Gasteiger partial charge is 0.305 e. The Morgan fingerprint density at radius 3 is 2.22 bits per heavy atom. The highest BCUT2D eigenvalue weighted by Gasteiger charge is 2.34. The van der Waals surface area contributed by atoms with Crippen LogP contribution in [0, 0.1) is 11.3 Å². The molecule has 0 aliphatic carbocycles. The number of benzene rings is 1. The minimum absolute atomic E-state index is 0.0490. The maximum Gasteiger partial charge on any atom is 0.305 e. The first-order chi connectivity index (χ1) is 21.8. The number of hydrogen-bond acceptors (Lipinski definition) is 9. The highest BCUT2D eigenvalue weighted by molar-refractivity contribution is 5.98. The molecule has 1 aromatic rings. The van der Waals surface area contributed by atoms with Crippen molar-refractivity contribution in [2.24, 2.45) is 17.4 Å². The number of carboxylic acid groups (broad SMARTS) is 1. The molecule has 1 aromatic carbocycles. The lowest BCUT2D eigenvalue weighted by molar-refractivity contribution is -0.141. The molecule has 1 heterocycles. The van der Waals surface area contributed by atoms with Gasteiger partial charge in [0.05, 0.1) is 19.6 Å². The molecule has 4 atom stereocenters. The summed E-state index contributed by atoms with van der Waals surface area (Å²) in [5.74, 6) is -5.47. The van der Waals surface area contributed by atoms with Crippen LogP contribution in [0.1, 0.15) is 45.1 Å². The van der Waals surface area contributed by atoms with Crippen molar-refractivity contribution in [3.8, 4) is 5.75 Å². The highest BCUT2D eigenvalue weighted by Crippen LogP contribution is 2.15. The number of carboxylic acids is 1. The first-order valence-corrected chi connectivity index (χ1v) is 15.0. The third-order valence-electron chi connectivity index (χ3n) is 6.93. The van der Waals surface area contributed by atoms with E-state index in [2.05, 4.69) is 31.9 Å². The summed E-state index contributed by atoms with van der Waals surface area (Å²) in [7, 11) is 0. The van der Waals surface area contributed by atoms with Crippen molar-refractivity contribution >= 4 is 41.5 Å².